The van der Waals surface area contributed by atoms with Gasteiger partial charge in [0.05, 0.1) is 0 Å². The van der Waals surface area contributed by atoms with E-state index in [1.54, 1.807) is 6.07 Å². The zero-order chi connectivity index (χ0) is 16.8. The van der Waals surface area contributed by atoms with Crippen molar-refractivity contribution >= 4 is 17.4 Å². The van der Waals surface area contributed by atoms with Crippen molar-refractivity contribution < 1.29 is 4.79 Å². The van der Waals surface area contributed by atoms with Crippen LogP contribution in [-0.2, 0) is 0 Å². The highest BCUT2D eigenvalue weighted by Crippen LogP contribution is 2.19. The van der Waals surface area contributed by atoms with E-state index >= 15 is 0 Å². The van der Waals surface area contributed by atoms with E-state index in [1.165, 1.54) is 11.9 Å². The molecule has 0 atom stereocenters. The Morgan fingerprint density at radius 3 is 2.39 bits per heavy atom. The van der Waals surface area contributed by atoms with Gasteiger partial charge in [0.25, 0.3) is 5.91 Å². The molecular weight excluding hydrogens is 288 g/mol. The molecule has 0 radical (unpaired) electrons. The normalized spacial score (nSPS) is 10.9. The second-order valence-corrected chi connectivity index (χ2v) is 6.29. The Kier molecular flexibility index (Phi) is 5.68. The molecule has 2 rings (SSSR count). The van der Waals surface area contributed by atoms with E-state index in [4.69, 9.17) is 0 Å². The minimum Gasteiger partial charge on any atom is -0.350 e. The van der Waals surface area contributed by atoms with Crippen molar-refractivity contribution in [1.29, 1.82) is 0 Å². The maximum absolute atomic E-state index is 12.0. The monoisotopic (exact) mass is 312 g/mol. The SMILES string of the molecule is CC(C)CNC(=O)c1cc(Nc2ccc(C(C)C)cc2)ncn1. The van der Waals surface area contributed by atoms with Crippen molar-refractivity contribution in [2.75, 3.05) is 11.9 Å². The van der Waals surface area contributed by atoms with E-state index in [9.17, 15) is 4.79 Å². The highest BCUT2D eigenvalue weighted by molar-refractivity contribution is 5.92. The molecule has 0 saturated carbocycles. The summed E-state index contributed by atoms with van der Waals surface area (Å²) < 4.78 is 0. The van der Waals surface area contributed by atoms with Gasteiger partial charge in [0.2, 0.25) is 0 Å². The molecule has 0 saturated heterocycles. The Labute approximate surface area is 137 Å². The summed E-state index contributed by atoms with van der Waals surface area (Å²) in [7, 11) is 0. The van der Waals surface area contributed by atoms with E-state index in [2.05, 4.69) is 46.6 Å². The zero-order valence-corrected chi connectivity index (χ0v) is 14.1. The first kappa shape index (κ1) is 16.9. The van der Waals surface area contributed by atoms with Crippen LogP contribution in [0.1, 0.15) is 49.7 Å². The van der Waals surface area contributed by atoms with Gasteiger partial charge in [-0.1, -0.05) is 39.8 Å². The Morgan fingerprint density at radius 1 is 1.09 bits per heavy atom. The average molecular weight is 312 g/mol. The number of carbonyl (C=O) groups excluding carboxylic acids is 1. The topological polar surface area (TPSA) is 66.9 Å². The zero-order valence-electron chi connectivity index (χ0n) is 14.1. The summed E-state index contributed by atoms with van der Waals surface area (Å²) in [6.07, 6.45) is 1.40. The third kappa shape index (κ3) is 5.06. The number of carbonyl (C=O) groups is 1. The second kappa shape index (κ2) is 7.72. The summed E-state index contributed by atoms with van der Waals surface area (Å²) in [6, 6.07) is 9.85. The molecule has 1 heterocycles. The molecule has 2 N–H and O–H groups in total. The number of amides is 1. The summed E-state index contributed by atoms with van der Waals surface area (Å²) >= 11 is 0. The average Bonchev–Trinajstić information content (AvgIpc) is 2.53. The Balaban J connectivity index is 2.06. The Morgan fingerprint density at radius 2 is 1.78 bits per heavy atom. The van der Waals surface area contributed by atoms with Gasteiger partial charge in [-0.2, -0.15) is 0 Å². The van der Waals surface area contributed by atoms with E-state index in [1.807, 2.05) is 26.0 Å². The van der Waals surface area contributed by atoms with Crippen molar-refractivity contribution in [2.45, 2.75) is 33.6 Å². The van der Waals surface area contributed by atoms with Gasteiger partial charge >= 0.3 is 0 Å². The number of hydrogen-bond donors (Lipinski definition) is 2. The lowest BCUT2D eigenvalue weighted by Gasteiger charge is -2.10. The fourth-order valence-electron chi connectivity index (χ4n) is 2.04. The van der Waals surface area contributed by atoms with Crippen LogP contribution < -0.4 is 10.6 Å². The maximum atomic E-state index is 12.0. The molecule has 0 unspecified atom stereocenters. The van der Waals surface area contributed by atoms with Crippen LogP contribution in [0.4, 0.5) is 11.5 Å². The first-order valence-corrected chi connectivity index (χ1v) is 7.93. The third-order valence-electron chi connectivity index (χ3n) is 3.42. The molecule has 0 spiro atoms. The number of aromatic nitrogens is 2. The number of hydrogen-bond acceptors (Lipinski definition) is 4. The predicted octanol–water partition coefficient (Wildman–Crippen LogP) is 3.73. The van der Waals surface area contributed by atoms with Gasteiger partial charge in [0.15, 0.2) is 0 Å². The lowest BCUT2D eigenvalue weighted by atomic mass is 10.0. The molecule has 0 aliphatic carbocycles. The first-order valence-electron chi connectivity index (χ1n) is 7.93. The molecule has 1 amide bonds. The molecule has 1 aromatic carbocycles. The molecule has 0 aliphatic rings. The van der Waals surface area contributed by atoms with Crippen molar-refractivity contribution in [3.63, 3.8) is 0 Å². The van der Waals surface area contributed by atoms with Gasteiger partial charge in [-0.05, 0) is 29.5 Å². The molecule has 0 aliphatic heterocycles. The van der Waals surface area contributed by atoms with Crippen LogP contribution in [0.3, 0.4) is 0 Å². The van der Waals surface area contributed by atoms with Crippen molar-refractivity contribution in [3.05, 3.63) is 47.9 Å². The van der Waals surface area contributed by atoms with E-state index in [0.717, 1.165) is 5.69 Å². The molecule has 5 heteroatoms. The van der Waals surface area contributed by atoms with Gasteiger partial charge in [0.1, 0.15) is 17.8 Å². The van der Waals surface area contributed by atoms with Gasteiger partial charge in [-0.3, -0.25) is 4.79 Å². The smallest absolute Gasteiger partial charge is 0.270 e. The molecule has 122 valence electrons. The number of nitrogens with one attached hydrogen (secondary N) is 2. The van der Waals surface area contributed by atoms with Gasteiger partial charge in [-0.15, -0.1) is 0 Å². The minimum atomic E-state index is -0.181. The minimum absolute atomic E-state index is 0.181. The van der Waals surface area contributed by atoms with Crippen LogP contribution in [0, 0.1) is 5.92 Å². The van der Waals surface area contributed by atoms with Crippen LogP contribution >= 0.6 is 0 Å². The number of nitrogens with zero attached hydrogens (tertiary/aromatic N) is 2. The molecule has 0 fully saturated rings. The van der Waals surface area contributed by atoms with Crippen molar-refractivity contribution in [2.24, 2.45) is 5.92 Å². The van der Waals surface area contributed by atoms with Crippen LogP contribution in [0.5, 0.6) is 0 Å². The number of rotatable bonds is 6. The fourth-order valence-corrected chi connectivity index (χ4v) is 2.04. The van der Waals surface area contributed by atoms with Crippen LogP contribution in [-0.4, -0.2) is 22.4 Å². The van der Waals surface area contributed by atoms with Crippen LogP contribution in [0.2, 0.25) is 0 Å². The van der Waals surface area contributed by atoms with E-state index in [0.29, 0.717) is 29.9 Å². The van der Waals surface area contributed by atoms with Crippen LogP contribution in [0.15, 0.2) is 36.7 Å². The highest BCUT2D eigenvalue weighted by atomic mass is 16.1. The summed E-state index contributed by atoms with van der Waals surface area (Å²) in [4.78, 5) is 20.2. The molecule has 0 bridgehead atoms. The third-order valence-corrected chi connectivity index (χ3v) is 3.42. The Bertz CT molecular complexity index is 650. The molecule has 5 nitrogen and oxygen atoms in total. The molecule has 23 heavy (non-hydrogen) atoms. The molecule has 2 aromatic rings. The molecular formula is C18H24N4O. The lowest BCUT2D eigenvalue weighted by Crippen LogP contribution is -2.28. The quantitative estimate of drug-likeness (QED) is 0.853. The van der Waals surface area contributed by atoms with Gasteiger partial charge in [-0.25, -0.2) is 9.97 Å². The summed E-state index contributed by atoms with van der Waals surface area (Å²) in [5.41, 5.74) is 2.58. The largest absolute Gasteiger partial charge is 0.350 e. The maximum Gasteiger partial charge on any atom is 0.270 e. The van der Waals surface area contributed by atoms with E-state index in [-0.39, 0.29) is 5.91 Å². The van der Waals surface area contributed by atoms with Crippen LogP contribution in [0.25, 0.3) is 0 Å². The van der Waals surface area contributed by atoms with Gasteiger partial charge in [0, 0.05) is 18.3 Å². The fraction of sp³-hybridized carbons (Fsp3) is 0.389. The number of benzene rings is 1. The lowest BCUT2D eigenvalue weighted by molar-refractivity contribution is 0.0944. The highest BCUT2D eigenvalue weighted by Gasteiger charge is 2.09. The standard InChI is InChI=1S/C18H24N4O/c1-12(2)10-19-18(23)16-9-17(21-11-20-16)22-15-7-5-14(6-8-15)13(3)4/h5-9,11-13H,10H2,1-4H3,(H,19,23)(H,20,21,22). The number of anilines is 2. The first-order chi connectivity index (χ1) is 11.0. The van der Waals surface area contributed by atoms with Crippen molar-refractivity contribution in [3.8, 4) is 0 Å². The van der Waals surface area contributed by atoms with Gasteiger partial charge < -0.3 is 10.6 Å². The summed E-state index contributed by atoms with van der Waals surface area (Å²) in [6.45, 7) is 9.05. The molecule has 1 aromatic heterocycles. The summed E-state index contributed by atoms with van der Waals surface area (Å²) in [5.74, 6) is 1.32. The predicted molar refractivity (Wildman–Crippen MR) is 93.0 cm³/mol. The van der Waals surface area contributed by atoms with Crippen molar-refractivity contribution in [1.82, 2.24) is 15.3 Å². The van der Waals surface area contributed by atoms with E-state index < -0.39 is 0 Å². The second-order valence-electron chi connectivity index (χ2n) is 6.29. The summed E-state index contributed by atoms with van der Waals surface area (Å²) in [5, 5.41) is 6.05. The Hall–Kier alpha value is -2.43.